The van der Waals surface area contributed by atoms with Gasteiger partial charge in [-0.05, 0) is 48.2 Å². The number of benzene rings is 2. The van der Waals surface area contributed by atoms with Gasteiger partial charge < -0.3 is 0 Å². The van der Waals surface area contributed by atoms with Crippen molar-refractivity contribution in [2.45, 2.75) is 96.5 Å². The zero-order valence-electron chi connectivity index (χ0n) is 28.2. The lowest BCUT2D eigenvalue weighted by atomic mass is 10.1. The lowest BCUT2D eigenvalue weighted by molar-refractivity contribution is 0.707. The molecule has 0 spiro atoms. The summed E-state index contributed by atoms with van der Waals surface area (Å²) in [6.45, 7) is 9.68. The zero-order valence-corrected chi connectivity index (χ0v) is 36.7. The van der Waals surface area contributed by atoms with Gasteiger partial charge in [0.1, 0.15) is 0 Å². The molecule has 0 fully saturated rings. The third-order valence-corrected chi connectivity index (χ3v) is 28.5. The van der Waals surface area contributed by atoms with Crippen LogP contribution in [0.4, 0.5) is 0 Å². The number of unbranched alkanes of at least 4 members (excludes halogenated alkanes) is 6. The van der Waals surface area contributed by atoms with Gasteiger partial charge in [-0.15, -0.1) is 47.0 Å². The Kier molecular flexibility index (Phi) is 19.5. The Labute approximate surface area is 318 Å². The van der Waals surface area contributed by atoms with Crippen LogP contribution in [0.5, 0.6) is 0 Å². The van der Waals surface area contributed by atoms with E-state index in [1.807, 2.05) is 47.0 Å². The average Bonchev–Trinajstić information content (AvgIpc) is 3.70. The van der Waals surface area contributed by atoms with E-state index < -0.39 is 8.31 Å². The van der Waals surface area contributed by atoms with Gasteiger partial charge in [-0.25, -0.2) is 0 Å². The number of hydrogen-bond acceptors (Lipinski definition) is 8. The van der Waals surface area contributed by atoms with Gasteiger partial charge >= 0.3 is 0 Å². The van der Waals surface area contributed by atoms with Gasteiger partial charge in [-0.1, -0.05) is 178 Å². The van der Waals surface area contributed by atoms with Crippen molar-refractivity contribution in [3.05, 3.63) is 91.1 Å². The Morgan fingerprint density at radius 2 is 1.11 bits per heavy atom. The van der Waals surface area contributed by atoms with Gasteiger partial charge in [-0.2, -0.15) is 0 Å². The maximum Gasteiger partial charge on any atom is 0.0717 e. The van der Waals surface area contributed by atoms with E-state index in [0.717, 1.165) is 5.75 Å². The van der Waals surface area contributed by atoms with Crippen molar-refractivity contribution < 1.29 is 0 Å². The minimum absolute atomic E-state index is 0.322. The van der Waals surface area contributed by atoms with Gasteiger partial charge in [0.05, 0.1) is 33.7 Å². The second kappa shape index (κ2) is 22.7. The molecule has 46 heavy (non-hydrogen) atoms. The molecule has 0 N–H and O–H groups in total. The largest absolute Gasteiger partial charge is 0.121 e. The topological polar surface area (TPSA) is 0 Å². The maximum atomic E-state index is 2.55. The molecule has 0 aliphatic carbocycles. The van der Waals surface area contributed by atoms with Crippen molar-refractivity contribution in [1.82, 2.24) is 0 Å². The van der Waals surface area contributed by atoms with Crippen LogP contribution in [0.25, 0.3) is 0 Å². The van der Waals surface area contributed by atoms with Crippen LogP contribution < -0.4 is 5.19 Å². The van der Waals surface area contributed by atoms with Crippen LogP contribution in [0, 0.1) is 0 Å². The number of aryl methyl sites for hydroxylation is 1. The Hall–Kier alpha value is 0.894. The van der Waals surface area contributed by atoms with Crippen LogP contribution in [0.2, 0.25) is 19.1 Å². The predicted molar refractivity (Wildman–Crippen MR) is 234 cm³/mol. The Balaban J connectivity index is 1.28. The van der Waals surface area contributed by atoms with Crippen molar-refractivity contribution in [3.63, 3.8) is 0 Å². The highest BCUT2D eigenvalue weighted by atomic mass is 32.3. The first-order valence-electron chi connectivity index (χ1n) is 16.7. The first-order chi connectivity index (χ1) is 22.5. The molecule has 0 aromatic heterocycles. The lowest BCUT2D eigenvalue weighted by Gasteiger charge is -2.17. The van der Waals surface area contributed by atoms with E-state index in [-0.39, 0.29) is 8.31 Å². The summed E-state index contributed by atoms with van der Waals surface area (Å²) in [5.74, 6) is 3.56. The molecule has 0 saturated carbocycles. The summed E-state index contributed by atoms with van der Waals surface area (Å²) >= 11 is 16.4. The molecule has 0 nitrogen and oxygen atoms in total. The quantitative estimate of drug-likeness (QED) is 0.0894. The van der Waals surface area contributed by atoms with E-state index in [9.17, 15) is 0 Å². The van der Waals surface area contributed by atoms with Gasteiger partial charge in [0.15, 0.2) is 0 Å². The Morgan fingerprint density at radius 3 is 1.65 bits per heavy atom. The summed E-state index contributed by atoms with van der Waals surface area (Å²) in [6.07, 6.45) is 14.2. The minimum Gasteiger partial charge on any atom is -0.121 e. The van der Waals surface area contributed by atoms with Crippen LogP contribution >= 0.6 is 94.1 Å². The molecule has 10 heteroatoms. The summed E-state index contributed by atoms with van der Waals surface area (Å²) in [4.78, 5) is 0. The SMILES string of the molecule is CCCCCCSC1=C(SCCCCCC)SC(=C2SC(SC)=C(SCc3ccc(CC[Si](C)[Si](C)c4ccccc4)cc3)S2)S1. The fourth-order valence-electron chi connectivity index (χ4n) is 4.89. The summed E-state index contributed by atoms with van der Waals surface area (Å²) in [5, 5.41) is 1.60. The van der Waals surface area contributed by atoms with Crippen LogP contribution in [-0.4, -0.2) is 34.4 Å². The normalized spacial score (nSPS) is 15.5. The number of hydrogen-bond donors (Lipinski definition) is 0. The standard InChI is InChI=1S/C36H50S8Si2/c1-6-8-10-15-24-38-33-34(39-25-16-11-9-7-2)44-36(43-33)35-41-31(37-3)32(42-35)40-27-29-21-19-28(20-22-29)23-26-45(4)46(5)30-17-13-12-14-18-30/h12-14,17-22H,6-11,15-16,23-27H2,1-5H3. The highest BCUT2D eigenvalue weighted by Gasteiger charge is 2.30. The first kappa shape index (κ1) is 39.7. The van der Waals surface area contributed by atoms with Gasteiger partial charge in [0, 0.05) is 14.1 Å². The molecule has 0 unspecified atom stereocenters. The molecular formula is C36H50S8Si2. The maximum absolute atomic E-state index is 2.55. The molecular weight excluding hydrogens is 745 g/mol. The van der Waals surface area contributed by atoms with Crippen molar-refractivity contribution >= 4 is 116 Å². The van der Waals surface area contributed by atoms with E-state index in [1.54, 1.807) is 13.7 Å². The third-order valence-electron chi connectivity index (χ3n) is 7.92. The van der Waals surface area contributed by atoms with Crippen LogP contribution in [-0.2, 0) is 12.2 Å². The molecule has 2 aromatic carbocycles. The third kappa shape index (κ3) is 13.2. The Bertz CT molecular complexity index is 1260. The summed E-state index contributed by atoms with van der Waals surface area (Å²) in [6, 6.07) is 22.2. The second-order valence-electron chi connectivity index (χ2n) is 11.5. The highest BCUT2D eigenvalue weighted by molar-refractivity contribution is 8.45. The molecule has 2 heterocycles. The molecule has 0 bridgehead atoms. The number of rotatable bonds is 21. The second-order valence-corrected chi connectivity index (χ2v) is 29.9. The molecule has 2 radical (unpaired) electrons. The average molecular weight is 796 g/mol. The Morgan fingerprint density at radius 1 is 0.587 bits per heavy atom. The van der Waals surface area contributed by atoms with E-state index in [1.165, 1.54) is 103 Å². The molecule has 2 aliphatic rings. The lowest BCUT2D eigenvalue weighted by Crippen LogP contribution is -2.41. The minimum atomic E-state index is -0.404. The van der Waals surface area contributed by atoms with Crippen LogP contribution in [0.15, 0.2) is 80.0 Å². The summed E-state index contributed by atoms with van der Waals surface area (Å²) < 4.78 is 9.16. The molecule has 2 aromatic rings. The highest BCUT2D eigenvalue weighted by Crippen LogP contribution is 2.66. The van der Waals surface area contributed by atoms with Gasteiger partial charge in [0.2, 0.25) is 0 Å². The van der Waals surface area contributed by atoms with E-state index >= 15 is 0 Å². The predicted octanol–water partition coefficient (Wildman–Crippen LogP) is 14.0. The molecule has 0 atom stereocenters. The first-order valence-corrected chi connectivity index (χ1v) is 29.3. The number of thioether (sulfide) groups is 8. The smallest absolute Gasteiger partial charge is 0.0717 e. The molecule has 2 aliphatic heterocycles. The van der Waals surface area contributed by atoms with Crippen molar-refractivity contribution in [1.29, 1.82) is 0 Å². The molecule has 0 amide bonds. The van der Waals surface area contributed by atoms with Crippen molar-refractivity contribution in [2.24, 2.45) is 0 Å². The zero-order chi connectivity index (χ0) is 32.6. The van der Waals surface area contributed by atoms with Crippen LogP contribution in [0.1, 0.15) is 76.3 Å². The van der Waals surface area contributed by atoms with E-state index in [2.05, 4.69) is 135 Å². The van der Waals surface area contributed by atoms with Gasteiger partial charge in [0.25, 0.3) is 0 Å². The molecule has 250 valence electrons. The van der Waals surface area contributed by atoms with Crippen molar-refractivity contribution in [2.75, 3.05) is 17.8 Å². The van der Waals surface area contributed by atoms with E-state index in [4.69, 9.17) is 0 Å². The van der Waals surface area contributed by atoms with Gasteiger partial charge in [-0.3, -0.25) is 0 Å². The fraction of sp³-hybridized carbons (Fsp3) is 0.500. The fourth-order valence-corrected chi connectivity index (χ4v) is 22.3. The summed E-state index contributed by atoms with van der Waals surface area (Å²) in [7, 11) is -0.726. The van der Waals surface area contributed by atoms with Crippen LogP contribution in [0.3, 0.4) is 0 Å². The molecule has 0 saturated heterocycles. The summed E-state index contributed by atoms with van der Waals surface area (Å²) in [5.41, 5.74) is 2.94. The molecule has 4 rings (SSSR count). The van der Waals surface area contributed by atoms with Crippen molar-refractivity contribution in [3.8, 4) is 0 Å². The van der Waals surface area contributed by atoms with E-state index in [0.29, 0.717) is 0 Å². The monoisotopic (exact) mass is 794 g/mol.